The lowest BCUT2D eigenvalue weighted by molar-refractivity contribution is -0.137. The van der Waals surface area contributed by atoms with Crippen LogP contribution in [0.3, 0.4) is 0 Å². The average Bonchev–Trinajstić information content (AvgIpc) is 3.36. The van der Waals surface area contributed by atoms with Crippen molar-refractivity contribution in [1.82, 2.24) is 9.80 Å². The third kappa shape index (κ3) is 3.63. The van der Waals surface area contributed by atoms with E-state index in [-0.39, 0.29) is 11.8 Å². The lowest BCUT2D eigenvalue weighted by Gasteiger charge is -2.36. The molecule has 0 radical (unpaired) electrons. The third-order valence-electron chi connectivity index (χ3n) is 6.22. The fourth-order valence-corrected chi connectivity index (χ4v) is 4.61. The Bertz CT molecular complexity index is 661. The molecule has 5 heteroatoms. The van der Waals surface area contributed by atoms with Gasteiger partial charge in [-0.25, -0.2) is 0 Å². The molecule has 0 bridgehead atoms. The first-order valence-corrected chi connectivity index (χ1v) is 10.1. The molecule has 0 aromatic heterocycles. The van der Waals surface area contributed by atoms with Crippen LogP contribution in [0.5, 0.6) is 0 Å². The lowest BCUT2D eigenvalue weighted by atomic mass is 10.1. The summed E-state index contributed by atoms with van der Waals surface area (Å²) in [6, 6.07) is 8.21. The largest absolute Gasteiger partial charge is 0.340 e. The van der Waals surface area contributed by atoms with Gasteiger partial charge in [0.25, 0.3) is 0 Å². The van der Waals surface area contributed by atoms with Crippen molar-refractivity contribution in [1.29, 1.82) is 0 Å². The van der Waals surface area contributed by atoms with Gasteiger partial charge in [-0.1, -0.05) is 31.0 Å². The van der Waals surface area contributed by atoms with Crippen LogP contribution < -0.4 is 4.90 Å². The lowest BCUT2D eigenvalue weighted by Crippen LogP contribution is -2.50. The Hall–Kier alpha value is -1.88. The molecule has 0 unspecified atom stereocenters. The van der Waals surface area contributed by atoms with Gasteiger partial charge in [-0.15, -0.1) is 0 Å². The van der Waals surface area contributed by atoms with E-state index in [2.05, 4.69) is 11.0 Å². The maximum Gasteiger partial charge on any atom is 0.228 e. The molecule has 26 heavy (non-hydrogen) atoms. The fourth-order valence-electron chi connectivity index (χ4n) is 4.61. The highest BCUT2D eigenvalue weighted by Gasteiger charge is 2.30. The molecule has 0 spiro atoms. The van der Waals surface area contributed by atoms with Crippen LogP contribution >= 0.6 is 0 Å². The zero-order valence-corrected chi connectivity index (χ0v) is 15.5. The minimum absolute atomic E-state index is 0.222. The van der Waals surface area contributed by atoms with E-state index in [4.69, 9.17) is 0 Å². The molecule has 0 N–H and O–H groups in total. The topological polar surface area (TPSA) is 43.9 Å². The van der Waals surface area contributed by atoms with E-state index in [9.17, 15) is 9.59 Å². The number of anilines is 1. The van der Waals surface area contributed by atoms with Gasteiger partial charge in [-0.3, -0.25) is 14.5 Å². The van der Waals surface area contributed by atoms with Gasteiger partial charge in [0, 0.05) is 57.3 Å². The fraction of sp³-hybridized carbons (Fsp3) is 0.619. The number of carbonyl (C=O) groups excluding carboxylic acids is 2. The summed E-state index contributed by atoms with van der Waals surface area (Å²) in [6.07, 6.45) is 6.08. The molecule has 5 nitrogen and oxygen atoms in total. The van der Waals surface area contributed by atoms with Gasteiger partial charge in [0.2, 0.25) is 11.8 Å². The Kier molecular flexibility index (Phi) is 5.25. The Labute approximate surface area is 155 Å². The van der Waals surface area contributed by atoms with Crippen LogP contribution in [-0.4, -0.2) is 60.9 Å². The highest BCUT2D eigenvalue weighted by Crippen LogP contribution is 2.28. The van der Waals surface area contributed by atoms with Crippen molar-refractivity contribution in [3.8, 4) is 0 Å². The van der Waals surface area contributed by atoms with Crippen molar-refractivity contribution in [3.05, 3.63) is 29.8 Å². The van der Waals surface area contributed by atoms with Crippen LogP contribution in [-0.2, 0) is 16.0 Å². The molecule has 2 heterocycles. The number of para-hydroxylation sites is 1. The summed E-state index contributed by atoms with van der Waals surface area (Å²) in [4.78, 5) is 31.5. The smallest absolute Gasteiger partial charge is 0.228 e. The van der Waals surface area contributed by atoms with Crippen molar-refractivity contribution in [2.75, 3.05) is 44.2 Å². The van der Waals surface area contributed by atoms with Crippen LogP contribution in [0.1, 0.15) is 37.7 Å². The van der Waals surface area contributed by atoms with E-state index >= 15 is 0 Å². The molecule has 1 aliphatic carbocycles. The molecule has 0 atom stereocenters. The van der Waals surface area contributed by atoms with Crippen LogP contribution in [0.2, 0.25) is 0 Å². The summed E-state index contributed by atoms with van der Waals surface area (Å²) in [5.41, 5.74) is 2.37. The van der Waals surface area contributed by atoms with Crippen LogP contribution in [0.4, 0.5) is 5.69 Å². The molecular weight excluding hydrogens is 326 g/mol. The first kappa shape index (κ1) is 17.5. The monoisotopic (exact) mass is 355 g/mol. The van der Waals surface area contributed by atoms with Gasteiger partial charge in [0.1, 0.15) is 0 Å². The summed E-state index contributed by atoms with van der Waals surface area (Å²) in [7, 11) is 0. The van der Waals surface area contributed by atoms with E-state index in [0.717, 1.165) is 64.2 Å². The van der Waals surface area contributed by atoms with Crippen molar-refractivity contribution >= 4 is 17.5 Å². The second-order valence-corrected chi connectivity index (χ2v) is 7.82. The highest BCUT2D eigenvalue weighted by atomic mass is 16.2. The van der Waals surface area contributed by atoms with E-state index in [0.29, 0.717) is 12.3 Å². The SMILES string of the molecule is O=C(C1CCCC1)N1CCN(CCC(=O)N2CCc3ccccc32)CC1. The molecule has 2 aliphatic heterocycles. The minimum atomic E-state index is 0.222. The molecule has 140 valence electrons. The van der Waals surface area contributed by atoms with Crippen molar-refractivity contribution in [2.45, 2.75) is 38.5 Å². The van der Waals surface area contributed by atoms with Gasteiger partial charge < -0.3 is 9.80 Å². The van der Waals surface area contributed by atoms with Gasteiger partial charge in [0.15, 0.2) is 0 Å². The molecule has 2 fully saturated rings. The second-order valence-electron chi connectivity index (χ2n) is 7.82. The van der Waals surface area contributed by atoms with E-state index < -0.39 is 0 Å². The summed E-state index contributed by atoms with van der Waals surface area (Å²) in [5, 5.41) is 0. The van der Waals surface area contributed by atoms with Crippen molar-refractivity contribution < 1.29 is 9.59 Å². The summed E-state index contributed by atoms with van der Waals surface area (Å²) in [5.74, 6) is 0.865. The quantitative estimate of drug-likeness (QED) is 0.832. The predicted molar refractivity (Wildman–Crippen MR) is 102 cm³/mol. The summed E-state index contributed by atoms with van der Waals surface area (Å²) >= 11 is 0. The summed E-state index contributed by atoms with van der Waals surface area (Å²) in [6.45, 7) is 5.02. The number of fused-ring (bicyclic) bond motifs is 1. The molecule has 1 saturated heterocycles. The Morgan fingerprint density at radius 2 is 1.69 bits per heavy atom. The molecule has 4 rings (SSSR count). The van der Waals surface area contributed by atoms with E-state index in [1.165, 1.54) is 18.4 Å². The number of hydrogen-bond acceptors (Lipinski definition) is 3. The molecule has 2 amide bonds. The second kappa shape index (κ2) is 7.78. The number of piperazine rings is 1. The van der Waals surface area contributed by atoms with Crippen molar-refractivity contribution in [2.24, 2.45) is 5.92 Å². The minimum Gasteiger partial charge on any atom is -0.340 e. The van der Waals surface area contributed by atoms with Crippen molar-refractivity contribution in [3.63, 3.8) is 0 Å². The predicted octanol–water partition coefficient (Wildman–Crippen LogP) is 2.30. The molecule has 1 saturated carbocycles. The number of nitrogens with zero attached hydrogens (tertiary/aromatic N) is 3. The van der Waals surface area contributed by atoms with Crippen LogP contribution in [0.25, 0.3) is 0 Å². The Morgan fingerprint density at radius 3 is 2.46 bits per heavy atom. The van der Waals surface area contributed by atoms with Crippen LogP contribution in [0.15, 0.2) is 24.3 Å². The number of carbonyl (C=O) groups is 2. The normalized spacial score (nSPS) is 21.2. The molecular formula is C21H29N3O2. The number of benzene rings is 1. The number of amides is 2. The summed E-state index contributed by atoms with van der Waals surface area (Å²) < 4.78 is 0. The van der Waals surface area contributed by atoms with E-state index in [1.54, 1.807) is 0 Å². The maximum atomic E-state index is 12.6. The first-order valence-electron chi connectivity index (χ1n) is 10.1. The van der Waals surface area contributed by atoms with E-state index in [1.807, 2.05) is 28.0 Å². The van der Waals surface area contributed by atoms with Gasteiger partial charge >= 0.3 is 0 Å². The Morgan fingerprint density at radius 1 is 0.962 bits per heavy atom. The third-order valence-corrected chi connectivity index (χ3v) is 6.22. The number of rotatable bonds is 4. The standard InChI is InChI=1S/C21H29N3O2/c25-20(24-12-9-17-5-3-4-8-19(17)24)10-11-22-13-15-23(16-14-22)21(26)18-6-1-2-7-18/h3-5,8,18H,1-2,6-7,9-16H2. The molecule has 3 aliphatic rings. The Balaban J connectivity index is 1.23. The van der Waals surface area contributed by atoms with Gasteiger partial charge in [-0.05, 0) is 30.9 Å². The molecule has 1 aromatic rings. The van der Waals surface area contributed by atoms with Crippen LogP contribution in [0, 0.1) is 5.92 Å². The maximum absolute atomic E-state index is 12.6. The zero-order chi connectivity index (χ0) is 17.9. The average molecular weight is 355 g/mol. The first-order chi connectivity index (χ1) is 12.7. The van der Waals surface area contributed by atoms with Gasteiger partial charge in [0.05, 0.1) is 0 Å². The number of hydrogen-bond donors (Lipinski definition) is 0. The van der Waals surface area contributed by atoms with Gasteiger partial charge in [-0.2, -0.15) is 0 Å². The molecule has 1 aromatic carbocycles. The zero-order valence-electron chi connectivity index (χ0n) is 15.5. The highest BCUT2D eigenvalue weighted by molar-refractivity contribution is 5.95.